The number of primary amides is 1. The predicted octanol–water partition coefficient (Wildman–Crippen LogP) is 1.19. The Morgan fingerprint density at radius 2 is 1.96 bits per heavy atom. The summed E-state index contributed by atoms with van der Waals surface area (Å²) >= 11 is 0. The third kappa shape index (κ3) is 5.13. The van der Waals surface area contributed by atoms with Crippen molar-refractivity contribution in [2.45, 2.75) is 13.3 Å². The van der Waals surface area contributed by atoms with Crippen LogP contribution in [-0.4, -0.2) is 36.1 Å². The van der Waals surface area contributed by atoms with Gasteiger partial charge >= 0.3 is 5.97 Å². The summed E-state index contributed by atoms with van der Waals surface area (Å²) < 4.78 is 22.7. The minimum absolute atomic E-state index is 0.0290. The average molecular weight is 349 g/mol. The maximum absolute atomic E-state index is 13.0. The van der Waals surface area contributed by atoms with E-state index in [2.05, 4.69) is 5.16 Å². The zero-order chi connectivity index (χ0) is 18.4. The minimum atomic E-state index is -0.845. The highest BCUT2D eigenvalue weighted by Crippen LogP contribution is 2.16. The summed E-state index contributed by atoms with van der Waals surface area (Å²) in [6, 6.07) is 6.45. The Morgan fingerprint density at radius 3 is 2.52 bits per heavy atom. The van der Waals surface area contributed by atoms with Crippen molar-refractivity contribution in [2.24, 2.45) is 5.73 Å². The molecule has 1 aromatic heterocycles. The number of carbonyl (C=O) groups excluding carboxylic acids is 3. The normalized spacial score (nSPS) is 10.3. The van der Waals surface area contributed by atoms with Crippen LogP contribution in [0.25, 0.3) is 0 Å². The van der Waals surface area contributed by atoms with Crippen molar-refractivity contribution in [3.05, 3.63) is 47.6 Å². The number of rotatable bonds is 7. The van der Waals surface area contributed by atoms with Crippen molar-refractivity contribution in [3.63, 3.8) is 0 Å². The van der Waals surface area contributed by atoms with Crippen LogP contribution in [0.15, 0.2) is 34.9 Å². The molecule has 0 saturated carbocycles. The van der Waals surface area contributed by atoms with Crippen molar-refractivity contribution in [2.75, 3.05) is 18.1 Å². The molecule has 0 aliphatic carbocycles. The minimum Gasteiger partial charge on any atom is -0.450 e. The van der Waals surface area contributed by atoms with Gasteiger partial charge in [0.15, 0.2) is 6.61 Å². The summed E-state index contributed by atoms with van der Waals surface area (Å²) in [6.45, 7) is 1.01. The second-order valence-electron chi connectivity index (χ2n) is 5.15. The molecule has 0 unspecified atom stereocenters. The molecule has 2 aromatic rings. The maximum atomic E-state index is 13.0. The molecule has 1 heterocycles. The van der Waals surface area contributed by atoms with Gasteiger partial charge in [0.2, 0.25) is 11.7 Å². The van der Waals surface area contributed by atoms with E-state index in [4.69, 9.17) is 15.0 Å². The van der Waals surface area contributed by atoms with E-state index in [1.54, 1.807) is 6.92 Å². The van der Waals surface area contributed by atoms with Gasteiger partial charge in [0.05, 0.1) is 5.69 Å². The molecule has 0 saturated heterocycles. The number of aryl methyl sites for hydroxylation is 1. The molecule has 2 amide bonds. The summed E-state index contributed by atoms with van der Waals surface area (Å²) in [5.74, 6) is -2.65. The number of hydrogen-bond donors (Lipinski definition) is 1. The van der Waals surface area contributed by atoms with E-state index in [-0.39, 0.29) is 18.7 Å². The van der Waals surface area contributed by atoms with Crippen molar-refractivity contribution in [1.82, 2.24) is 5.16 Å². The number of aromatic nitrogens is 1. The molecule has 0 atom stereocenters. The molecule has 0 aliphatic rings. The van der Waals surface area contributed by atoms with Crippen LogP contribution in [0.3, 0.4) is 0 Å². The number of anilines is 1. The van der Waals surface area contributed by atoms with Crippen LogP contribution in [-0.2, 0) is 14.3 Å². The van der Waals surface area contributed by atoms with Crippen LogP contribution in [0.1, 0.15) is 22.7 Å². The Morgan fingerprint density at radius 1 is 1.28 bits per heavy atom. The Labute approximate surface area is 142 Å². The van der Waals surface area contributed by atoms with E-state index in [0.717, 1.165) is 0 Å². The first-order chi connectivity index (χ1) is 11.9. The molecule has 132 valence electrons. The predicted molar refractivity (Wildman–Crippen MR) is 84.1 cm³/mol. The second kappa shape index (κ2) is 8.04. The van der Waals surface area contributed by atoms with E-state index in [9.17, 15) is 18.8 Å². The van der Waals surface area contributed by atoms with Crippen LogP contribution >= 0.6 is 0 Å². The van der Waals surface area contributed by atoms with Gasteiger partial charge in [0.1, 0.15) is 5.82 Å². The lowest BCUT2D eigenvalue weighted by molar-refractivity contribution is -0.122. The van der Waals surface area contributed by atoms with Gasteiger partial charge in [0, 0.05) is 24.7 Å². The fourth-order valence-corrected chi connectivity index (χ4v) is 1.98. The highest BCUT2D eigenvalue weighted by Gasteiger charge is 2.20. The number of nitrogens with two attached hydrogens (primary N) is 1. The lowest BCUT2D eigenvalue weighted by atomic mass is 10.2. The number of carbonyl (C=O) groups is 3. The quantitative estimate of drug-likeness (QED) is 0.751. The number of amides is 2. The zero-order valence-electron chi connectivity index (χ0n) is 13.4. The lowest BCUT2D eigenvalue weighted by Crippen LogP contribution is -2.37. The van der Waals surface area contributed by atoms with Crippen molar-refractivity contribution in [1.29, 1.82) is 0 Å². The van der Waals surface area contributed by atoms with Crippen LogP contribution < -0.4 is 10.6 Å². The van der Waals surface area contributed by atoms with Gasteiger partial charge in [-0.3, -0.25) is 9.59 Å². The first-order valence-electron chi connectivity index (χ1n) is 7.31. The number of halogens is 1. The summed E-state index contributed by atoms with van der Waals surface area (Å²) in [6.07, 6.45) is -0.0988. The maximum Gasteiger partial charge on any atom is 0.377 e. The van der Waals surface area contributed by atoms with E-state index >= 15 is 0 Å². The molecule has 0 spiro atoms. The molecule has 2 N–H and O–H groups in total. The third-order valence-electron chi connectivity index (χ3n) is 3.18. The Bertz CT molecular complexity index is 772. The van der Waals surface area contributed by atoms with Crippen molar-refractivity contribution >= 4 is 23.5 Å². The number of nitrogens with zero attached hydrogens (tertiary/aromatic N) is 2. The van der Waals surface area contributed by atoms with Crippen LogP contribution in [0.5, 0.6) is 0 Å². The zero-order valence-corrected chi connectivity index (χ0v) is 13.4. The lowest BCUT2D eigenvalue weighted by Gasteiger charge is -2.22. The molecule has 0 fully saturated rings. The summed E-state index contributed by atoms with van der Waals surface area (Å²) in [5, 5.41) is 3.55. The first kappa shape index (κ1) is 18.1. The summed E-state index contributed by atoms with van der Waals surface area (Å²) in [4.78, 5) is 36.3. The number of ether oxygens (including phenoxy) is 1. The van der Waals surface area contributed by atoms with Gasteiger partial charge in [-0.25, -0.2) is 9.18 Å². The van der Waals surface area contributed by atoms with E-state index < -0.39 is 30.2 Å². The molecular formula is C16H16FN3O5. The average Bonchev–Trinajstić information content (AvgIpc) is 3.00. The van der Waals surface area contributed by atoms with E-state index in [1.807, 2.05) is 0 Å². The molecule has 1 aromatic carbocycles. The van der Waals surface area contributed by atoms with Crippen molar-refractivity contribution < 1.29 is 28.0 Å². The summed E-state index contributed by atoms with van der Waals surface area (Å²) in [5.41, 5.74) is 5.94. The largest absolute Gasteiger partial charge is 0.450 e. The molecule has 25 heavy (non-hydrogen) atoms. The number of esters is 1. The standard InChI is InChI=1S/C16H16FN3O5/c1-10-8-13(25-19-10)16(23)24-9-15(22)20(7-6-14(18)21)12-4-2-11(17)3-5-12/h2-5,8H,6-7,9H2,1H3,(H2,18,21). The molecule has 0 bridgehead atoms. The number of benzene rings is 1. The highest BCUT2D eigenvalue weighted by atomic mass is 19.1. The third-order valence-corrected chi connectivity index (χ3v) is 3.18. The monoisotopic (exact) mass is 349 g/mol. The van der Waals surface area contributed by atoms with Gasteiger partial charge in [-0.05, 0) is 31.2 Å². The van der Waals surface area contributed by atoms with E-state index in [0.29, 0.717) is 11.4 Å². The molecule has 0 aliphatic heterocycles. The fourth-order valence-electron chi connectivity index (χ4n) is 1.98. The SMILES string of the molecule is Cc1cc(C(=O)OCC(=O)N(CCC(N)=O)c2ccc(F)cc2)on1. The fraction of sp³-hybridized carbons (Fsp3) is 0.250. The van der Waals surface area contributed by atoms with Crippen molar-refractivity contribution in [3.8, 4) is 0 Å². The van der Waals surface area contributed by atoms with Crippen LogP contribution in [0, 0.1) is 12.7 Å². The molecular weight excluding hydrogens is 333 g/mol. The molecule has 9 heteroatoms. The molecule has 0 radical (unpaired) electrons. The Hall–Kier alpha value is -3.23. The van der Waals surface area contributed by atoms with Gasteiger partial charge < -0.3 is 19.9 Å². The van der Waals surface area contributed by atoms with Gasteiger partial charge in [0.25, 0.3) is 5.91 Å². The van der Waals surface area contributed by atoms with Crippen LogP contribution in [0.2, 0.25) is 0 Å². The van der Waals surface area contributed by atoms with E-state index in [1.165, 1.54) is 35.2 Å². The second-order valence-corrected chi connectivity index (χ2v) is 5.15. The summed E-state index contributed by atoms with van der Waals surface area (Å²) in [7, 11) is 0. The van der Waals surface area contributed by atoms with Crippen LogP contribution in [0.4, 0.5) is 10.1 Å². The van der Waals surface area contributed by atoms with Gasteiger partial charge in [-0.15, -0.1) is 0 Å². The first-order valence-corrected chi connectivity index (χ1v) is 7.31. The van der Waals surface area contributed by atoms with Gasteiger partial charge in [-0.2, -0.15) is 0 Å². The number of hydrogen-bond acceptors (Lipinski definition) is 6. The Kier molecular flexibility index (Phi) is 5.83. The highest BCUT2D eigenvalue weighted by molar-refractivity contribution is 5.97. The molecule has 2 rings (SSSR count). The van der Waals surface area contributed by atoms with Gasteiger partial charge in [-0.1, -0.05) is 5.16 Å². The smallest absolute Gasteiger partial charge is 0.377 e. The Balaban J connectivity index is 2.05. The topological polar surface area (TPSA) is 116 Å². The molecule has 8 nitrogen and oxygen atoms in total.